The van der Waals surface area contributed by atoms with E-state index in [0.29, 0.717) is 0 Å². The van der Waals surface area contributed by atoms with Crippen LogP contribution in [0.3, 0.4) is 0 Å². The molecule has 2 aromatic rings. The Hall–Kier alpha value is -1.34. The molecule has 0 heterocycles. The summed E-state index contributed by atoms with van der Waals surface area (Å²) in [5, 5.41) is 6.42. The Balaban J connectivity index is 1.70. The Bertz CT molecular complexity index is 553. The van der Waals surface area contributed by atoms with Gasteiger partial charge in [-0.05, 0) is 53.6 Å². The van der Waals surface area contributed by atoms with Gasteiger partial charge < -0.3 is 5.32 Å². The molecule has 2 unspecified atom stereocenters. The molecular formula is C18H23N. The van der Waals surface area contributed by atoms with Gasteiger partial charge in [-0.25, -0.2) is 0 Å². The van der Waals surface area contributed by atoms with E-state index in [1.807, 2.05) is 0 Å². The summed E-state index contributed by atoms with van der Waals surface area (Å²) in [7, 11) is 0. The van der Waals surface area contributed by atoms with Crippen molar-refractivity contribution < 1.29 is 0 Å². The van der Waals surface area contributed by atoms with E-state index in [0.717, 1.165) is 24.3 Å². The van der Waals surface area contributed by atoms with E-state index in [-0.39, 0.29) is 0 Å². The number of fused-ring (bicyclic) bond motifs is 1. The zero-order chi connectivity index (χ0) is 13.2. The molecule has 1 heteroatoms. The monoisotopic (exact) mass is 253 g/mol. The van der Waals surface area contributed by atoms with E-state index in [2.05, 4.69) is 61.6 Å². The lowest BCUT2D eigenvalue weighted by Crippen LogP contribution is -2.22. The van der Waals surface area contributed by atoms with Crippen molar-refractivity contribution in [2.75, 3.05) is 13.1 Å². The van der Waals surface area contributed by atoms with Gasteiger partial charge in [-0.15, -0.1) is 0 Å². The van der Waals surface area contributed by atoms with Crippen LogP contribution in [-0.2, 0) is 0 Å². The molecule has 0 spiro atoms. The van der Waals surface area contributed by atoms with Gasteiger partial charge in [0.15, 0.2) is 0 Å². The van der Waals surface area contributed by atoms with Crippen LogP contribution in [0.5, 0.6) is 0 Å². The Morgan fingerprint density at radius 1 is 1.11 bits per heavy atom. The van der Waals surface area contributed by atoms with Crippen LogP contribution in [0.2, 0.25) is 0 Å². The minimum absolute atomic E-state index is 0.745. The van der Waals surface area contributed by atoms with Gasteiger partial charge in [0.05, 0.1) is 0 Å². The molecule has 0 aliphatic heterocycles. The van der Waals surface area contributed by atoms with Gasteiger partial charge in [0.25, 0.3) is 0 Å². The molecule has 1 fully saturated rings. The highest BCUT2D eigenvalue weighted by atomic mass is 14.9. The van der Waals surface area contributed by atoms with Crippen LogP contribution >= 0.6 is 0 Å². The first-order valence-electron chi connectivity index (χ1n) is 7.44. The molecule has 3 rings (SSSR count). The van der Waals surface area contributed by atoms with Crippen molar-refractivity contribution in [3.05, 3.63) is 48.0 Å². The van der Waals surface area contributed by atoms with Crippen molar-refractivity contribution in [3.63, 3.8) is 0 Å². The molecule has 2 aromatic carbocycles. The van der Waals surface area contributed by atoms with Crippen LogP contribution in [0.1, 0.15) is 31.7 Å². The van der Waals surface area contributed by atoms with Crippen molar-refractivity contribution in [3.8, 4) is 0 Å². The number of benzene rings is 2. The fourth-order valence-corrected chi connectivity index (χ4v) is 2.99. The van der Waals surface area contributed by atoms with Crippen LogP contribution in [0, 0.1) is 11.8 Å². The average Bonchev–Trinajstić information content (AvgIpc) is 3.17. The molecule has 0 aromatic heterocycles. The van der Waals surface area contributed by atoms with Crippen molar-refractivity contribution in [1.29, 1.82) is 0 Å². The molecule has 0 radical (unpaired) electrons. The largest absolute Gasteiger partial charge is 0.316 e. The van der Waals surface area contributed by atoms with Crippen molar-refractivity contribution in [1.82, 2.24) is 5.32 Å². The van der Waals surface area contributed by atoms with Gasteiger partial charge in [-0.1, -0.05) is 56.3 Å². The fraction of sp³-hybridized carbons (Fsp3) is 0.444. The minimum atomic E-state index is 0.745. The third-order valence-corrected chi connectivity index (χ3v) is 4.10. The first-order chi connectivity index (χ1) is 9.25. The summed E-state index contributed by atoms with van der Waals surface area (Å²) in [5.74, 6) is 2.35. The molecule has 0 bridgehead atoms. The molecular weight excluding hydrogens is 230 g/mol. The zero-order valence-electron chi connectivity index (χ0n) is 11.9. The Morgan fingerprint density at radius 2 is 1.89 bits per heavy atom. The SMILES string of the molecule is CC(C)CNCC1CC1c1cccc2ccccc12. The first kappa shape index (κ1) is 12.7. The summed E-state index contributed by atoms with van der Waals surface area (Å²) in [4.78, 5) is 0. The van der Waals surface area contributed by atoms with E-state index >= 15 is 0 Å². The van der Waals surface area contributed by atoms with Crippen LogP contribution < -0.4 is 5.32 Å². The van der Waals surface area contributed by atoms with Gasteiger partial charge >= 0.3 is 0 Å². The number of rotatable bonds is 5. The normalized spacial score (nSPS) is 22.1. The van der Waals surface area contributed by atoms with Gasteiger partial charge in [0, 0.05) is 0 Å². The van der Waals surface area contributed by atoms with E-state index in [1.165, 1.54) is 23.7 Å². The van der Waals surface area contributed by atoms with Gasteiger partial charge in [-0.2, -0.15) is 0 Å². The molecule has 2 atom stereocenters. The van der Waals surface area contributed by atoms with Gasteiger partial charge in [0.2, 0.25) is 0 Å². The van der Waals surface area contributed by atoms with Crippen LogP contribution in [0.25, 0.3) is 10.8 Å². The predicted octanol–water partition coefficient (Wildman–Crippen LogP) is 4.19. The molecule has 19 heavy (non-hydrogen) atoms. The molecule has 100 valence electrons. The maximum absolute atomic E-state index is 3.59. The Labute approximate surface area is 116 Å². The predicted molar refractivity (Wildman–Crippen MR) is 82.5 cm³/mol. The summed E-state index contributed by atoms with van der Waals surface area (Å²) < 4.78 is 0. The lowest BCUT2D eigenvalue weighted by atomic mass is 10.0. The highest BCUT2D eigenvalue weighted by Gasteiger charge is 2.38. The first-order valence-corrected chi connectivity index (χ1v) is 7.44. The summed E-state index contributed by atoms with van der Waals surface area (Å²) in [6, 6.07) is 15.5. The van der Waals surface area contributed by atoms with E-state index in [1.54, 1.807) is 5.56 Å². The van der Waals surface area contributed by atoms with Gasteiger partial charge in [0.1, 0.15) is 0 Å². The highest BCUT2D eigenvalue weighted by molar-refractivity contribution is 5.86. The zero-order valence-corrected chi connectivity index (χ0v) is 11.9. The van der Waals surface area contributed by atoms with E-state index in [9.17, 15) is 0 Å². The van der Waals surface area contributed by atoms with Crippen LogP contribution in [-0.4, -0.2) is 13.1 Å². The molecule has 1 aliphatic rings. The van der Waals surface area contributed by atoms with Gasteiger partial charge in [-0.3, -0.25) is 0 Å². The topological polar surface area (TPSA) is 12.0 Å². The van der Waals surface area contributed by atoms with Crippen LogP contribution in [0.4, 0.5) is 0 Å². The second kappa shape index (κ2) is 5.34. The quantitative estimate of drug-likeness (QED) is 0.842. The molecule has 1 aliphatic carbocycles. The van der Waals surface area contributed by atoms with Crippen molar-refractivity contribution in [2.24, 2.45) is 11.8 Å². The summed E-state index contributed by atoms with van der Waals surface area (Å²) in [5.41, 5.74) is 1.55. The number of nitrogens with one attached hydrogen (secondary N) is 1. The smallest absolute Gasteiger partial charge is 0.00143 e. The third-order valence-electron chi connectivity index (χ3n) is 4.10. The Kier molecular flexibility index (Phi) is 3.56. The summed E-state index contributed by atoms with van der Waals surface area (Å²) in [6.07, 6.45) is 1.35. The third kappa shape index (κ3) is 2.82. The maximum atomic E-state index is 3.59. The number of hydrogen-bond donors (Lipinski definition) is 1. The lowest BCUT2D eigenvalue weighted by Gasteiger charge is -2.08. The Morgan fingerprint density at radius 3 is 2.74 bits per heavy atom. The van der Waals surface area contributed by atoms with Crippen molar-refractivity contribution in [2.45, 2.75) is 26.2 Å². The summed E-state index contributed by atoms with van der Waals surface area (Å²) in [6.45, 7) is 6.84. The number of hydrogen-bond acceptors (Lipinski definition) is 1. The van der Waals surface area contributed by atoms with E-state index in [4.69, 9.17) is 0 Å². The standard InChI is InChI=1S/C18H23N/c1-13(2)11-19-12-15-10-18(15)17-9-5-7-14-6-3-4-8-16(14)17/h3-9,13,15,18-19H,10-12H2,1-2H3. The molecule has 1 saturated carbocycles. The lowest BCUT2D eigenvalue weighted by molar-refractivity contribution is 0.533. The summed E-state index contributed by atoms with van der Waals surface area (Å²) >= 11 is 0. The van der Waals surface area contributed by atoms with Crippen LogP contribution in [0.15, 0.2) is 42.5 Å². The second-order valence-electron chi connectivity index (χ2n) is 6.22. The second-order valence-corrected chi connectivity index (χ2v) is 6.22. The molecule has 0 amide bonds. The van der Waals surface area contributed by atoms with E-state index < -0.39 is 0 Å². The highest BCUT2D eigenvalue weighted by Crippen LogP contribution is 2.48. The maximum Gasteiger partial charge on any atom is -0.00143 e. The average molecular weight is 253 g/mol. The molecule has 1 nitrogen and oxygen atoms in total. The molecule has 0 saturated heterocycles. The molecule has 1 N–H and O–H groups in total. The minimum Gasteiger partial charge on any atom is -0.316 e. The van der Waals surface area contributed by atoms with Crippen molar-refractivity contribution >= 4 is 10.8 Å². The fourth-order valence-electron chi connectivity index (χ4n) is 2.99.